The van der Waals surface area contributed by atoms with E-state index < -0.39 is 0 Å². The summed E-state index contributed by atoms with van der Waals surface area (Å²) < 4.78 is 6.08. The number of pyridine rings is 1. The molecule has 3 nitrogen and oxygen atoms in total. The van der Waals surface area contributed by atoms with E-state index in [-0.39, 0.29) is 6.61 Å². The van der Waals surface area contributed by atoms with Gasteiger partial charge >= 0.3 is 0 Å². The summed E-state index contributed by atoms with van der Waals surface area (Å²) in [5, 5.41) is 11.4. The predicted molar refractivity (Wildman–Crippen MR) is 75.2 cm³/mol. The third-order valence-corrected chi connectivity index (χ3v) is 3.84. The number of rotatable bonds is 3. The molecule has 0 spiro atoms. The highest BCUT2D eigenvalue weighted by Gasteiger charge is 2.17. The Morgan fingerprint density at radius 1 is 1.11 bits per heavy atom. The van der Waals surface area contributed by atoms with Crippen LogP contribution >= 0.6 is 0 Å². The molecule has 3 heteroatoms. The number of aliphatic hydroxyl groups excluding tert-OH is 1. The molecule has 0 saturated heterocycles. The van der Waals surface area contributed by atoms with Crippen molar-refractivity contribution >= 4 is 10.8 Å². The monoisotopic (exact) mass is 257 g/mol. The molecule has 1 N–H and O–H groups in total. The Balaban J connectivity index is 1.94. The van der Waals surface area contributed by atoms with E-state index >= 15 is 0 Å². The van der Waals surface area contributed by atoms with E-state index in [1.165, 1.54) is 19.3 Å². The molecular formula is C16H19NO2. The number of ether oxygens (including phenoxy) is 1. The molecule has 1 aromatic carbocycles. The van der Waals surface area contributed by atoms with Crippen LogP contribution in [0.5, 0.6) is 5.88 Å². The van der Waals surface area contributed by atoms with Crippen molar-refractivity contribution < 1.29 is 9.84 Å². The van der Waals surface area contributed by atoms with Gasteiger partial charge in [0.25, 0.3) is 0 Å². The standard InChI is InChI=1S/C16H19NO2/c18-11-12-10-17-16(15-9-5-4-8-14(12)15)19-13-6-2-1-3-7-13/h4-5,8-10,13,18H,1-3,6-7,11H2. The molecule has 1 aliphatic carbocycles. The lowest BCUT2D eigenvalue weighted by Crippen LogP contribution is -2.20. The van der Waals surface area contributed by atoms with Crippen molar-refractivity contribution in [2.75, 3.05) is 0 Å². The van der Waals surface area contributed by atoms with Gasteiger partial charge in [0.1, 0.15) is 6.10 Å². The third kappa shape index (κ3) is 2.56. The van der Waals surface area contributed by atoms with E-state index in [4.69, 9.17) is 4.74 Å². The molecule has 0 radical (unpaired) electrons. The SMILES string of the molecule is OCc1cnc(OC2CCCCC2)c2ccccc12. The van der Waals surface area contributed by atoms with Crippen LogP contribution in [0.4, 0.5) is 0 Å². The summed E-state index contributed by atoms with van der Waals surface area (Å²) in [6, 6.07) is 7.99. The Hall–Kier alpha value is -1.61. The Labute approximate surface area is 113 Å². The molecule has 0 atom stereocenters. The zero-order chi connectivity index (χ0) is 13.1. The molecule has 1 aromatic heterocycles. The molecule has 0 bridgehead atoms. The van der Waals surface area contributed by atoms with E-state index in [1.807, 2.05) is 24.3 Å². The van der Waals surface area contributed by atoms with Crippen LogP contribution in [0.1, 0.15) is 37.7 Å². The average Bonchev–Trinajstić information content (AvgIpc) is 2.49. The summed E-state index contributed by atoms with van der Waals surface area (Å²) in [6.45, 7) is 0.0111. The van der Waals surface area contributed by atoms with Crippen LogP contribution in [-0.2, 0) is 6.61 Å². The van der Waals surface area contributed by atoms with Gasteiger partial charge in [0.05, 0.1) is 6.61 Å². The molecule has 0 amide bonds. The maximum absolute atomic E-state index is 9.37. The molecule has 0 unspecified atom stereocenters. The van der Waals surface area contributed by atoms with Gasteiger partial charge in [-0.3, -0.25) is 0 Å². The number of aliphatic hydroxyl groups is 1. The van der Waals surface area contributed by atoms with Gasteiger partial charge in [-0.15, -0.1) is 0 Å². The zero-order valence-electron chi connectivity index (χ0n) is 11.0. The van der Waals surface area contributed by atoms with E-state index in [0.717, 1.165) is 29.2 Å². The first kappa shape index (κ1) is 12.4. The van der Waals surface area contributed by atoms with Crippen LogP contribution in [0.25, 0.3) is 10.8 Å². The van der Waals surface area contributed by atoms with Crippen molar-refractivity contribution in [2.24, 2.45) is 0 Å². The highest BCUT2D eigenvalue weighted by molar-refractivity contribution is 5.89. The van der Waals surface area contributed by atoms with Gasteiger partial charge in [0, 0.05) is 17.1 Å². The highest BCUT2D eigenvalue weighted by Crippen LogP contribution is 2.29. The number of fused-ring (bicyclic) bond motifs is 1. The largest absolute Gasteiger partial charge is 0.474 e. The number of hydrogen-bond acceptors (Lipinski definition) is 3. The summed E-state index contributed by atoms with van der Waals surface area (Å²) in [4.78, 5) is 4.39. The molecular weight excluding hydrogens is 238 g/mol. The summed E-state index contributed by atoms with van der Waals surface area (Å²) in [7, 11) is 0. The Morgan fingerprint density at radius 2 is 1.84 bits per heavy atom. The van der Waals surface area contributed by atoms with Crippen molar-refractivity contribution in [3.05, 3.63) is 36.0 Å². The molecule has 1 heterocycles. The first-order valence-electron chi connectivity index (χ1n) is 7.02. The van der Waals surface area contributed by atoms with Crippen molar-refractivity contribution in [3.8, 4) is 5.88 Å². The molecule has 1 aliphatic rings. The minimum absolute atomic E-state index is 0.0111. The van der Waals surface area contributed by atoms with Gasteiger partial charge in [-0.05, 0) is 37.1 Å². The van der Waals surface area contributed by atoms with Gasteiger partial charge in [-0.1, -0.05) is 24.6 Å². The normalized spacial score (nSPS) is 16.7. The molecule has 0 aliphatic heterocycles. The maximum atomic E-state index is 9.37. The first-order valence-corrected chi connectivity index (χ1v) is 7.02. The first-order chi connectivity index (χ1) is 9.38. The lowest BCUT2D eigenvalue weighted by Gasteiger charge is -2.23. The maximum Gasteiger partial charge on any atom is 0.221 e. The predicted octanol–water partition coefficient (Wildman–Crippen LogP) is 3.44. The van der Waals surface area contributed by atoms with Crippen LogP contribution < -0.4 is 4.74 Å². The van der Waals surface area contributed by atoms with Crippen LogP contribution in [0.15, 0.2) is 30.5 Å². The Morgan fingerprint density at radius 3 is 2.58 bits per heavy atom. The fourth-order valence-electron chi connectivity index (χ4n) is 2.79. The molecule has 100 valence electrons. The molecule has 2 aromatic rings. The summed E-state index contributed by atoms with van der Waals surface area (Å²) in [6.07, 6.45) is 8.08. The van der Waals surface area contributed by atoms with Gasteiger partial charge < -0.3 is 9.84 Å². The van der Waals surface area contributed by atoms with E-state index in [1.54, 1.807) is 6.20 Å². The third-order valence-electron chi connectivity index (χ3n) is 3.84. The van der Waals surface area contributed by atoms with Crippen molar-refractivity contribution in [2.45, 2.75) is 44.8 Å². The smallest absolute Gasteiger partial charge is 0.221 e. The van der Waals surface area contributed by atoms with Crippen LogP contribution in [0.3, 0.4) is 0 Å². The zero-order valence-corrected chi connectivity index (χ0v) is 11.0. The van der Waals surface area contributed by atoms with Crippen molar-refractivity contribution in [1.82, 2.24) is 4.98 Å². The number of hydrogen-bond donors (Lipinski definition) is 1. The van der Waals surface area contributed by atoms with Crippen molar-refractivity contribution in [1.29, 1.82) is 0 Å². The lowest BCUT2D eigenvalue weighted by molar-refractivity contribution is 0.151. The fraction of sp³-hybridized carbons (Fsp3) is 0.438. The second kappa shape index (κ2) is 5.57. The van der Waals surface area contributed by atoms with E-state index in [0.29, 0.717) is 12.0 Å². The topological polar surface area (TPSA) is 42.4 Å². The number of aromatic nitrogens is 1. The fourth-order valence-corrected chi connectivity index (χ4v) is 2.79. The van der Waals surface area contributed by atoms with Crippen LogP contribution in [0.2, 0.25) is 0 Å². The Kier molecular flexibility index (Phi) is 3.65. The number of benzene rings is 1. The van der Waals surface area contributed by atoms with Crippen LogP contribution in [-0.4, -0.2) is 16.2 Å². The minimum Gasteiger partial charge on any atom is -0.474 e. The van der Waals surface area contributed by atoms with E-state index in [2.05, 4.69) is 4.98 Å². The summed E-state index contributed by atoms with van der Waals surface area (Å²) in [5.74, 6) is 0.708. The molecule has 3 rings (SSSR count). The van der Waals surface area contributed by atoms with Gasteiger partial charge in [-0.25, -0.2) is 4.98 Å². The molecule has 19 heavy (non-hydrogen) atoms. The van der Waals surface area contributed by atoms with Crippen LogP contribution in [0, 0.1) is 0 Å². The summed E-state index contributed by atoms with van der Waals surface area (Å²) in [5.41, 5.74) is 0.853. The second-order valence-electron chi connectivity index (χ2n) is 5.17. The second-order valence-corrected chi connectivity index (χ2v) is 5.17. The number of nitrogens with zero attached hydrogens (tertiary/aromatic N) is 1. The van der Waals surface area contributed by atoms with E-state index in [9.17, 15) is 5.11 Å². The minimum atomic E-state index is 0.0111. The Bertz CT molecular complexity index is 562. The van der Waals surface area contributed by atoms with Crippen molar-refractivity contribution in [3.63, 3.8) is 0 Å². The summed E-state index contributed by atoms with van der Waals surface area (Å²) >= 11 is 0. The average molecular weight is 257 g/mol. The molecule has 1 fully saturated rings. The lowest BCUT2D eigenvalue weighted by atomic mass is 9.98. The van der Waals surface area contributed by atoms with Gasteiger partial charge in [-0.2, -0.15) is 0 Å². The molecule has 1 saturated carbocycles. The quantitative estimate of drug-likeness (QED) is 0.915. The highest BCUT2D eigenvalue weighted by atomic mass is 16.5. The van der Waals surface area contributed by atoms with Gasteiger partial charge in [0.15, 0.2) is 0 Å². The van der Waals surface area contributed by atoms with Gasteiger partial charge in [0.2, 0.25) is 5.88 Å².